The molecule has 1 amide bonds. The number of hydrogen-bond acceptors (Lipinski definition) is 3. The molecule has 86 valence electrons. The maximum absolute atomic E-state index is 11.8. The van der Waals surface area contributed by atoms with Crippen LogP contribution in [0.15, 0.2) is 12.1 Å². The highest BCUT2D eigenvalue weighted by Crippen LogP contribution is 2.20. The molecule has 0 bridgehead atoms. The largest absolute Gasteiger partial charge is 0.393 e. The summed E-state index contributed by atoms with van der Waals surface area (Å²) in [5.74, 6) is -0.163. The van der Waals surface area contributed by atoms with Gasteiger partial charge in [0, 0.05) is 17.3 Å². The average Bonchev–Trinajstić information content (AvgIpc) is 2.13. The van der Waals surface area contributed by atoms with Gasteiger partial charge in [0.2, 0.25) is 0 Å². The Morgan fingerprint density at radius 3 is 2.81 bits per heavy atom. The lowest BCUT2D eigenvalue weighted by molar-refractivity contribution is 0.0562. The average molecular weight is 241 g/mol. The third-order valence-corrected chi connectivity index (χ3v) is 2.83. The summed E-state index contributed by atoms with van der Waals surface area (Å²) in [7, 11) is 0. The molecule has 2 N–H and O–H groups in total. The van der Waals surface area contributed by atoms with E-state index in [9.17, 15) is 4.79 Å². The van der Waals surface area contributed by atoms with E-state index in [2.05, 4.69) is 10.3 Å². The van der Waals surface area contributed by atoms with Gasteiger partial charge in [0.15, 0.2) is 0 Å². The molecule has 0 spiro atoms. The summed E-state index contributed by atoms with van der Waals surface area (Å²) in [6, 6.07) is 3.31. The Hall–Kier alpha value is -1.13. The van der Waals surface area contributed by atoms with E-state index in [1.54, 1.807) is 19.1 Å². The van der Waals surface area contributed by atoms with Crippen LogP contribution in [0.3, 0.4) is 0 Å². The van der Waals surface area contributed by atoms with Crippen molar-refractivity contribution in [2.24, 2.45) is 0 Å². The normalized spacial score (nSPS) is 23.7. The first-order valence-electron chi connectivity index (χ1n) is 5.17. The molecule has 1 fully saturated rings. The van der Waals surface area contributed by atoms with Gasteiger partial charge < -0.3 is 10.4 Å². The number of aliphatic hydroxyl groups is 1. The van der Waals surface area contributed by atoms with E-state index < -0.39 is 0 Å². The van der Waals surface area contributed by atoms with Crippen molar-refractivity contribution in [3.05, 3.63) is 28.5 Å². The van der Waals surface area contributed by atoms with Crippen LogP contribution in [0.4, 0.5) is 0 Å². The summed E-state index contributed by atoms with van der Waals surface area (Å²) in [6.07, 6.45) is 0.987. The van der Waals surface area contributed by atoms with Crippen LogP contribution in [0.1, 0.15) is 28.9 Å². The van der Waals surface area contributed by atoms with E-state index in [0.717, 1.165) is 0 Å². The van der Waals surface area contributed by atoms with Crippen molar-refractivity contribution in [3.63, 3.8) is 0 Å². The Balaban J connectivity index is 2.03. The predicted molar refractivity (Wildman–Crippen MR) is 60.5 cm³/mol. The van der Waals surface area contributed by atoms with Gasteiger partial charge in [0.05, 0.1) is 6.10 Å². The summed E-state index contributed by atoms with van der Waals surface area (Å²) in [6.45, 7) is 1.79. The molecule has 0 radical (unpaired) electrons. The summed E-state index contributed by atoms with van der Waals surface area (Å²) < 4.78 is 0. The van der Waals surface area contributed by atoms with Crippen LogP contribution >= 0.6 is 11.6 Å². The summed E-state index contributed by atoms with van der Waals surface area (Å²) >= 11 is 5.77. The van der Waals surface area contributed by atoms with Crippen LogP contribution in [0.2, 0.25) is 5.15 Å². The first-order valence-corrected chi connectivity index (χ1v) is 5.55. The molecule has 5 heteroatoms. The zero-order chi connectivity index (χ0) is 11.7. The fourth-order valence-corrected chi connectivity index (χ4v) is 1.98. The summed E-state index contributed by atoms with van der Waals surface area (Å²) in [4.78, 5) is 15.8. The second kappa shape index (κ2) is 4.39. The van der Waals surface area contributed by atoms with Crippen LogP contribution in [0, 0.1) is 6.92 Å². The topological polar surface area (TPSA) is 62.2 Å². The van der Waals surface area contributed by atoms with Gasteiger partial charge in [-0.2, -0.15) is 0 Å². The van der Waals surface area contributed by atoms with Crippen LogP contribution in [0.25, 0.3) is 0 Å². The smallest absolute Gasteiger partial charge is 0.251 e. The molecule has 1 aliphatic carbocycles. The minimum atomic E-state index is -0.270. The lowest BCUT2D eigenvalue weighted by Gasteiger charge is -2.31. The van der Waals surface area contributed by atoms with Gasteiger partial charge in [-0.25, -0.2) is 4.98 Å². The number of hydrogen-bond donors (Lipinski definition) is 2. The monoisotopic (exact) mass is 240 g/mol. The Morgan fingerprint density at radius 2 is 2.25 bits per heavy atom. The molecule has 0 unspecified atom stereocenters. The van der Waals surface area contributed by atoms with E-state index in [1.807, 2.05) is 0 Å². The standard InChI is InChI=1S/C11H13ClN2O2/c1-6-2-7(3-10(12)13-6)11(16)14-8-4-9(15)5-8/h2-3,8-9,15H,4-5H2,1H3,(H,14,16). The fraction of sp³-hybridized carbons (Fsp3) is 0.455. The zero-order valence-electron chi connectivity index (χ0n) is 8.90. The second-order valence-corrected chi connectivity index (χ2v) is 4.50. The zero-order valence-corrected chi connectivity index (χ0v) is 9.66. The Bertz CT molecular complexity index is 396. The molecule has 0 saturated heterocycles. The molecule has 1 aliphatic rings. The fourth-order valence-electron chi connectivity index (χ4n) is 1.73. The first-order chi connectivity index (χ1) is 7.54. The number of carbonyl (C=O) groups is 1. The minimum absolute atomic E-state index is 0.0785. The lowest BCUT2D eigenvalue weighted by Crippen LogP contribution is -2.46. The molecular weight excluding hydrogens is 228 g/mol. The molecule has 4 nitrogen and oxygen atoms in total. The number of carbonyl (C=O) groups excluding carboxylic acids is 1. The molecule has 1 aromatic rings. The van der Waals surface area contributed by atoms with Gasteiger partial charge in [-0.05, 0) is 31.9 Å². The Labute approximate surface area is 98.6 Å². The number of aromatic nitrogens is 1. The molecule has 1 saturated carbocycles. The third kappa shape index (κ3) is 2.51. The molecule has 1 aromatic heterocycles. The number of halogens is 1. The van der Waals surface area contributed by atoms with Crippen molar-refractivity contribution in [1.29, 1.82) is 0 Å². The van der Waals surface area contributed by atoms with Crippen LogP contribution in [0.5, 0.6) is 0 Å². The Morgan fingerprint density at radius 1 is 1.56 bits per heavy atom. The number of aliphatic hydroxyl groups excluding tert-OH is 1. The summed E-state index contributed by atoms with van der Waals surface area (Å²) in [5.41, 5.74) is 1.23. The highest BCUT2D eigenvalue weighted by atomic mass is 35.5. The molecule has 2 rings (SSSR count). The van der Waals surface area contributed by atoms with Crippen LogP contribution < -0.4 is 5.32 Å². The van der Waals surface area contributed by atoms with Crippen molar-refractivity contribution in [2.45, 2.75) is 31.9 Å². The second-order valence-electron chi connectivity index (χ2n) is 4.12. The van der Waals surface area contributed by atoms with Gasteiger partial charge in [0.25, 0.3) is 5.91 Å². The van der Waals surface area contributed by atoms with Crippen LogP contribution in [-0.4, -0.2) is 28.1 Å². The van der Waals surface area contributed by atoms with Crippen molar-refractivity contribution in [3.8, 4) is 0 Å². The van der Waals surface area contributed by atoms with Gasteiger partial charge in [-0.15, -0.1) is 0 Å². The minimum Gasteiger partial charge on any atom is -0.393 e. The number of aryl methyl sites for hydroxylation is 1. The van der Waals surface area contributed by atoms with Crippen molar-refractivity contribution in [2.75, 3.05) is 0 Å². The number of nitrogens with one attached hydrogen (secondary N) is 1. The molecule has 16 heavy (non-hydrogen) atoms. The van der Waals surface area contributed by atoms with Crippen molar-refractivity contribution < 1.29 is 9.90 Å². The Kier molecular flexibility index (Phi) is 3.12. The number of nitrogens with zero attached hydrogens (tertiary/aromatic N) is 1. The van der Waals surface area contributed by atoms with E-state index in [0.29, 0.717) is 29.3 Å². The van der Waals surface area contributed by atoms with Crippen LogP contribution in [-0.2, 0) is 0 Å². The molecule has 1 heterocycles. The molecule has 0 aliphatic heterocycles. The van der Waals surface area contributed by atoms with E-state index in [1.165, 1.54) is 0 Å². The van der Waals surface area contributed by atoms with Gasteiger partial charge >= 0.3 is 0 Å². The van der Waals surface area contributed by atoms with E-state index in [4.69, 9.17) is 16.7 Å². The molecule has 0 aromatic carbocycles. The van der Waals surface area contributed by atoms with Gasteiger partial charge in [-0.1, -0.05) is 11.6 Å². The van der Waals surface area contributed by atoms with Crippen molar-refractivity contribution in [1.82, 2.24) is 10.3 Å². The first kappa shape index (κ1) is 11.4. The van der Waals surface area contributed by atoms with Gasteiger partial charge in [-0.3, -0.25) is 4.79 Å². The lowest BCUT2D eigenvalue weighted by atomic mass is 9.89. The highest BCUT2D eigenvalue weighted by molar-refractivity contribution is 6.29. The number of amides is 1. The molecular formula is C11H13ClN2O2. The van der Waals surface area contributed by atoms with Gasteiger partial charge in [0.1, 0.15) is 5.15 Å². The van der Waals surface area contributed by atoms with E-state index in [-0.39, 0.29) is 18.1 Å². The van der Waals surface area contributed by atoms with Crippen molar-refractivity contribution >= 4 is 17.5 Å². The highest BCUT2D eigenvalue weighted by Gasteiger charge is 2.28. The SMILES string of the molecule is Cc1cc(C(=O)NC2CC(O)C2)cc(Cl)n1. The molecule has 0 atom stereocenters. The summed E-state index contributed by atoms with van der Waals surface area (Å²) in [5, 5.41) is 12.3. The number of rotatable bonds is 2. The maximum Gasteiger partial charge on any atom is 0.251 e. The quantitative estimate of drug-likeness (QED) is 0.766. The van der Waals surface area contributed by atoms with E-state index >= 15 is 0 Å². The maximum atomic E-state index is 11.8. The third-order valence-electron chi connectivity index (χ3n) is 2.63. The number of pyridine rings is 1. The predicted octanol–water partition coefficient (Wildman–Crippen LogP) is 1.30.